The molecule has 1 aliphatic heterocycles. The van der Waals surface area contributed by atoms with Gasteiger partial charge in [-0.3, -0.25) is 9.47 Å². The second-order valence-electron chi connectivity index (χ2n) is 7.72. The Kier molecular flexibility index (Phi) is 5.89. The normalized spacial score (nSPS) is 13.4. The third kappa shape index (κ3) is 3.86. The maximum atomic E-state index is 13.3. The van der Waals surface area contributed by atoms with E-state index in [1.54, 1.807) is 23.1 Å². The largest absolute Gasteiger partial charge is 0.492 e. The van der Waals surface area contributed by atoms with Gasteiger partial charge in [0.25, 0.3) is 0 Å². The molecule has 2 aromatic heterocycles. The van der Waals surface area contributed by atoms with Crippen LogP contribution < -0.4 is 26.0 Å². The molecule has 0 saturated carbocycles. The number of amides is 2. The van der Waals surface area contributed by atoms with Crippen molar-refractivity contribution >= 4 is 56.4 Å². The van der Waals surface area contributed by atoms with Crippen molar-refractivity contribution < 1.29 is 9.53 Å². The Morgan fingerprint density at radius 1 is 1.21 bits per heavy atom. The molecule has 3 heterocycles. The van der Waals surface area contributed by atoms with Gasteiger partial charge >= 0.3 is 11.7 Å². The highest BCUT2D eigenvalue weighted by Gasteiger charge is 2.24. The van der Waals surface area contributed by atoms with E-state index in [2.05, 4.69) is 15.6 Å². The van der Waals surface area contributed by atoms with E-state index in [1.807, 2.05) is 43.5 Å². The van der Waals surface area contributed by atoms with E-state index in [4.69, 9.17) is 16.3 Å². The monoisotopic (exact) mass is 495 g/mol. The topological polar surface area (TPSA) is 88.5 Å². The first kappa shape index (κ1) is 22.2. The maximum absolute atomic E-state index is 13.3. The molecule has 0 radical (unpaired) electrons. The number of urea groups is 1. The molecule has 0 bridgehead atoms. The van der Waals surface area contributed by atoms with E-state index in [0.29, 0.717) is 47.5 Å². The van der Waals surface area contributed by atoms with Crippen LogP contribution in [0.3, 0.4) is 0 Å². The van der Waals surface area contributed by atoms with Crippen LogP contribution in [0.25, 0.3) is 15.9 Å². The van der Waals surface area contributed by atoms with E-state index in [1.165, 1.54) is 15.9 Å². The number of halogens is 1. The van der Waals surface area contributed by atoms with E-state index in [9.17, 15) is 9.59 Å². The molecule has 8 nitrogen and oxygen atoms in total. The Balaban J connectivity index is 1.59. The summed E-state index contributed by atoms with van der Waals surface area (Å²) < 4.78 is 8.10. The molecule has 1 saturated heterocycles. The van der Waals surface area contributed by atoms with Gasteiger partial charge in [-0.1, -0.05) is 17.7 Å². The molecular formula is C24H22ClN5O3S. The molecule has 4 aromatic rings. The summed E-state index contributed by atoms with van der Waals surface area (Å²) in [6.45, 7) is 5.47. The molecule has 0 aliphatic carbocycles. The van der Waals surface area contributed by atoms with Gasteiger partial charge in [0.1, 0.15) is 5.75 Å². The van der Waals surface area contributed by atoms with Gasteiger partial charge < -0.3 is 15.4 Å². The number of fused-ring (bicyclic) bond motifs is 1. The molecule has 1 aliphatic rings. The van der Waals surface area contributed by atoms with Gasteiger partial charge in [0.2, 0.25) is 0 Å². The van der Waals surface area contributed by atoms with Crippen LogP contribution in [0, 0.1) is 6.92 Å². The van der Waals surface area contributed by atoms with Crippen LogP contribution in [0.15, 0.2) is 52.6 Å². The molecule has 10 heteroatoms. The molecule has 0 unspecified atom stereocenters. The Hall–Kier alpha value is -3.56. The van der Waals surface area contributed by atoms with Gasteiger partial charge in [-0.25, -0.2) is 9.59 Å². The smallest absolute Gasteiger partial charge is 0.354 e. The van der Waals surface area contributed by atoms with Gasteiger partial charge in [-0.2, -0.15) is 4.98 Å². The third-order valence-corrected chi connectivity index (χ3v) is 6.81. The Morgan fingerprint density at radius 2 is 2.06 bits per heavy atom. The first-order chi connectivity index (χ1) is 16.5. The molecule has 1 fully saturated rings. The predicted octanol–water partition coefficient (Wildman–Crippen LogP) is 5.08. The van der Waals surface area contributed by atoms with E-state index < -0.39 is 5.69 Å². The molecular weight excluding hydrogens is 474 g/mol. The zero-order valence-corrected chi connectivity index (χ0v) is 20.2. The number of aromatic nitrogens is 2. The standard InChI is InChI=1S/C24H22ClN5O3S/c1-3-33-20-13-15(25)7-8-18(20)30-19-9-12-34-21(19)22(28-24(30)32)27-16-5-4-6-17(14(16)2)29-11-10-26-23(29)31/h4-9,12-13H,3,10-11H2,1-2H3,(H,26,31)(H,27,28,32). The van der Waals surface area contributed by atoms with Gasteiger partial charge in [0, 0.05) is 29.9 Å². The fourth-order valence-electron chi connectivity index (χ4n) is 4.10. The first-order valence-corrected chi connectivity index (χ1v) is 12.1. The second kappa shape index (κ2) is 9.00. The lowest BCUT2D eigenvalue weighted by atomic mass is 10.1. The maximum Gasteiger partial charge on any atom is 0.354 e. The Bertz CT molecular complexity index is 1470. The predicted molar refractivity (Wildman–Crippen MR) is 137 cm³/mol. The molecule has 5 rings (SSSR count). The number of anilines is 3. The van der Waals surface area contributed by atoms with Crippen molar-refractivity contribution in [2.45, 2.75) is 13.8 Å². The van der Waals surface area contributed by atoms with E-state index in [-0.39, 0.29) is 6.03 Å². The summed E-state index contributed by atoms with van der Waals surface area (Å²) in [5, 5.41) is 8.59. The first-order valence-electron chi connectivity index (χ1n) is 10.8. The lowest BCUT2D eigenvalue weighted by Gasteiger charge is -2.20. The van der Waals surface area contributed by atoms with Crippen LogP contribution in [0.4, 0.5) is 22.0 Å². The lowest BCUT2D eigenvalue weighted by Crippen LogP contribution is -2.28. The van der Waals surface area contributed by atoms with Crippen LogP contribution in [0.5, 0.6) is 5.75 Å². The highest BCUT2D eigenvalue weighted by molar-refractivity contribution is 7.17. The second-order valence-corrected chi connectivity index (χ2v) is 9.07. The van der Waals surface area contributed by atoms with Crippen molar-refractivity contribution in [3.8, 4) is 11.4 Å². The molecule has 2 amide bonds. The van der Waals surface area contributed by atoms with Gasteiger partial charge in [0.15, 0.2) is 5.82 Å². The van der Waals surface area contributed by atoms with Crippen molar-refractivity contribution in [2.24, 2.45) is 0 Å². The minimum Gasteiger partial charge on any atom is -0.492 e. The zero-order valence-electron chi connectivity index (χ0n) is 18.6. The highest BCUT2D eigenvalue weighted by atomic mass is 35.5. The van der Waals surface area contributed by atoms with Gasteiger partial charge in [-0.15, -0.1) is 11.3 Å². The average Bonchev–Trinajstić information content (AvgIpc) is 3.46. The number of hydrogen-bond donors (Lipinski definition) is 2. The minimum absolute atomic E-state index is 0.116. The Labute approximate surface area is 204 Å². The zero-order chi connectivity index (χ0) is 23.8. The van der Waals surface area contributed by atoms with Crippen molar-refractivity contribution in [1.29, 1.82) is 0 Å². The van der Waals surface area contributed by atoms with Crippen LogP contribution in [-0.2, 0) is 0 Å². The summed E-state index contributed by atoms with van der Waals surface area (Å²) in [4.78, 5) is 31.5. The summed E-state index contributed by atoms with van der Waals surface area (Å²) in [5.41, 5.74) is 3.34. The number of ether oxygens (including phenoxy) is 1. The van der Waals surface area contributed by atoms with Crippen molar-refractivity contribution in [1.82, 2.24) is 14.9 Å². The van der Waals surface area contributed by atoms with Gasteiger partial charge in [-0.05, 0) is 55.1 Å². The number of hydrogen-bond acceptors (Lipinski definition) is 6. The molecule has 2 N–H and O–H groups in total. The Morgan fingerprint density at radius 3 is 2.82 bits per heavy atom. The minimum atomic E-state index is -0.440. The number of nitrogens with zero attached hydrogens (tertiary/aromatic N) is 3. The summed E-state index contributed by atoms with van der Waals surface area (Å²) in [5.74, 6) is 0.976. The van der Waals surface area contributed by atoms with Crippen molar-refractivity contribution in [2.75, 3.05) is 29.9 Å². The molecule has 34 heavy (non-hydrogen) atoms. The number of carbonyl (C=O) groups is 1. The SMILES string of the molecule is CCOc1cc(Cl)ccc1-n1c(=O)nc(Nc2cccc(N3CCNC3=O)c2C)c2sccc21. The fraction of sp³-hybridized carbons (Fsp3) is 0.208. The number of rotatable bonds is 6. The van der Waals surface area contributed by atoms with Crippen molar-refractivity contribution in [3.05, 3.63) is 68.9 Å². The third-order valence-electron chi connectivity index (χ3n) is 5.67. The quantitative estimate of drug-likeness (QED) is 0.389. The number of benzene rings is 2. The summed E-state index contributed by atoms with van der Waals surface area (Å²) in [6.07, 6.45) is 0. The molecule has 174 valence electrons. The van der Waals surface area contributed by atoms with Crippen LogP contribution in [0.1, 0.15) is 12.5 Å². The average molecular weight is 496 g/mol. The molecule has 2 aromatic carbocycles. The van der Waals surface area contributed by atoms with E-state index in [0.717, 1.165) is 21.6 Å². The van der Waals surface area contributed by atoms with Crippen LogP contribution >= 0.6 is 22.9 Å². The number of carbonyl (C=O) groups excluding carboxylic acids is 1. The highest BCUT2D eigenvalue weighted by Crippen LogP contribution is 2.35. The van der Waals surface area contributed by atoms with Crippen LogP contribution in [-0.4, -0.2) is 35.3 Å². The summed E-state index contributed by atoms with van der Waals surface area (Å²) >= 11 is 7.64. The summed E-state index contributed by atoms with van der Waals surface area (Å²) in [6, 6.07) is 12.6. The fourth-order valence-corrected chi connectivity index (χ4v) is 5.08. The van der Waals surface area contributed by atoms with Crippen molar-refractivity contribution in [3.63, 3.8) is 0 Å². The van der Waals surface area contributed by atoms with Crippen LogP contribution in [0.2, 0.25) is 5.02 Å². The molecule has 0 spiro atoms. The number of nitrogens with one attached hydrogen (secondary N) is 2. The lowest BCUT2D eigenvalue weighted by molar-refractivity contribution is 0.252. The molecule has 0 atom stereocenters. The van der Waals surface area contributed by atoms with E-state index >= 15 is 0 Å². The summed E-state index contributed by atoms with van der Waals surface area (Å²) in [7, 11) is 0. The van der Waals surface area contributed by atoms with Gasteiger partial charge in [0.05, 0.1) is 28.2 Å². The number of thiophene rings is 1.